The fraction of sp³-hybridized carbons (Fsp3) is 0.400. The molecule has 1 saturated heterocycles. The van der Waals surface area contributed by atoms with Crippen LogP contribution in [0, 0.1) is 0 Å². The van der Waals surface area contributed by atoms with Crippen LogP contribution in [0.25, 0.3) is 5.57 Å². The molecule has 0 aliphatic carbocycles. The molecule has 2 N–H and O–H groups in total. The van der Waals surface area contributed by atoms with Gasteiger partial charge in [0.25, 0.3) is 5.91 Å². The Morgan fingerprint density at radius 3 is 2.43 bits per heavy atom. The number of carbonyl (C=O) groups excluding carboxylic acids is 1. The topological polar surface area (TPSA) is 61.8 Å². The molecule has 0 unspecified atom stereocenters. The molecule has 0 radical (unpaired) electrons. The van der Waals surface area contributed by atoms with Gasteiger partial charge in [-0.05, 0) is 67.9 Å². The Bertz CT molecular complexity index is 939. The Kier molecular flexibility index (Phi) is 5.93. The summed E-state index contributed by atoms with van der Waals surface area (Å²) in [7, 11) is 0. The normalized spacial score (nSPS) is 17.1. The second-order valence-corrected chi connectivity index (χ2v) is 8.02. The van der Waals surface area contributed by atoms with Crippen molar-refractivity contribution in [1.29, 1.82) is 0 Å². The molecule has 158 valence electrons. The molecule has 2 aromatic carbocycles. The van der Waals surface area contributed by atoms with E-state index in [1.54, 1.807) is 0 Å². The van der Waals surface area contributed by atoms with Crippen molar-refractivity contribution in [2.45, 2.75) is 38.9 Å². The molecule has 5 nitrogen and oxygen atoms in total. The number of hydrogen-bond acceptors (Lipinski definition) is 4. The average Bonchev–Trinajstić information content (AvgIpc) is 2.79. The van der Waals surface area contributed by atoms with Gasteiger partial charge in [-0.25, -0.2) is 0 Å². The van der Waals surface area contributed by atoms with Crippen LogP contribution >= 0.6 is 0 Å². The molecule has 1 fully saturated rings. The maximum atomic E-state index is 12.7. The molecule has 5 heteroatoms. The van der Waals surface area contributed by atoms with E-state index in [1.165, 1.54) is 0 Å². The third-order valence-electron chi connectivity index (χ3n) is 6.18. The number of hydrogen-bond donors (Lipinski definition) is 2. The molecule has 1 amide bonds. The van der Waals surface area contributed by atoms with Crippen LogP contribution < -0.4 is 10.1 Å². The van der Waals surface area contributed by atoms with Gasteiger partial charge in [0, 0.05) is 37.1 Å². The highest BCUT2D eigenvalue weighted by Gasteiger charge is 2.37. The van der Waals surface area contributed by atoms with Crippen LogP contribution in [0.1, 0.15) is 53.7 Å². The molecule has 0 aromatic heterocycles. The SMILES string of the molecule is CCN(CC)C(=O)c1ccc(C2=CC3(CCNCC3)Oc3cc(CO)ccc32)cc1. The second-order valence-electron chi connectivity index (χ2n) is 8.02. The van der Waals surface area contributed by atoms with E-state index in [1.807, 2.05) is 61.2 Å². The van der Waals surface area contributed by atoms with E-state index in [0.717, 1.165) is 53.9 Å². The molecule has 0 bridgehead atoms. The molecule has 2 aliphatic heterocycles. The van der Waals surface area contributed by atoms with Gasteiger partial charge in [-0.1, -0.05) is 24.3 Å². The number of nitrogens with zero attached hydrogens (tertiary/aromatic N) is 1. The first-order valence-electron chi connectivity index (χ1n) is 10.9. The smallest absolute Gasteiger partial charge is 0.253 e. The average molecular weight is 407 g/mol. The van der Waals surface area contributed by atoms with Gasteiger partial charge < -0.3 is 20.1 Å². The highest BCUT2D eigenvalue weighted by atomic mass is 16.5. The van der Waals surface area contributed by atoms with Crippen LogP contribution in [0.4, 0.5) is 0 Å². The summed E-state index contributed by atoms with van der Waals surface area (Å²) in [6.45, 7) is 7.23. The monoisotopic (exact) mass is 406 g/mol. The Morgan fingerprint density at radius 1 is 1.10 bits per heavy atom. The van der Waals surface area contributed by atoms with Gasteiger partial charge in [-0.15, -0.1) is 0 Å². The Labute approximate surface area is 178 Å². The highest BCUT2D eigenvalue weighted by Crippen LogP contribution is 2.43. The Hall–Kier alpha value is -2.63. The first-order valence-corrected chi connectivity index (χ1v) is 10.9. The van der Waals surface area contributed by atoms with E-state index in [2.05, 4.69) is 11.4 Å². The maximum absolute atomic E-state index is 12.7. The van der Waals surface area contributed by atoms with Gasteiger partial charge in [-0.3, -0.25) is 4.79 Å². The zero-order valence-electron chi connectivity index (χ0n) is 17.8. The lowest BCUT2D eigenvalue weighted by Gasteiger charge is -2.40. The molecule has 0 saturated carbocycles. The number of rotatable bonds is 5. The van der Waals surface area contributed by atoms with E-state index >= 15 is 0 Å². The lowest BCUT2D eigenvalue weighted by atomic mass is 9.83. The van der Waals surface area contributed by atoms with E-state index in [4.69, 9.17) is 4.74 Å². The molecule has 2 heterocycles. The van der Waals surface area contributed by atoms with E-state index in [0.29, 0.717) is 18.7 Å². The number of ether oxygens (including phenoxy) is 1. The number of carbonyl (C=O) groups is 1. The molecule has 2 aliphatic rings. The predicted octanol–water partition coefficient (Wildman–Crippen LogP) is 3.61. The van der Waals surface area contributed by atoms with Crippen molar-refractivity contribution in [3.05, 3.63) is 70.8 Å². The van der Waals surface area contributed by atoms with Gasteiger partial charge in [0.2, 0.25) is 0 Å². The van der Waals surface area contributed by atoms with Crippen molar-refractivity contribution in [2.24, 2.45) is 0 Å². The third kappa shape index (κ3) is 3.87. The standard InChI is InChI=1S/C25H30N2O3/c1-3-27(4-2)24(29)20-8-6-19(7-9-20)22-16-25(11-13-26-14-12-25)30-23-15-18(17-28)5-10-21(22)23/h5-10,15-16,26,28H,3-4,11-14,17H2,1-2H3. The number of piperidine rings is 1. The zero-order chi connectivity index (χ0) is 21.1. The lowest BCUT2D eigenvalue weighted by molar-refractivity contribution is 0.0772. The quantitative estimate of drug-likeness (QED) is 0.796. The first kappa shape index (κ1) is 20.6. The van der Waals surface area contributed by atoms with E-state index in [9.17, 15) is 9.90 Å². The van der Waals surface area contributed by atoms with Crippen LogP contribution in [0.3, 0.4) is 0 Å². The zero-order valence-corrected chi connectivity index (χ0v) is 17.8. The molecule has 2 aromatic rings. The van der Waals surface area contributed by atoms with Crippen LogP contribution in [0.5, 0.6) is 5.75 Å². The summed E-state index contributed by atoms with van der Waals surface area (Å²) in [4.78, 5) is 14.5. The van der Waals surface area contributed by atoms with Crippen LogP contribution in [0.15, 0.2) is 48.5 Å². The van der Waals surface area contributed by atoms with Gasteiger partial charge in [0.1, 0.15) is 11.4 Å². The minimum absolute atomic E-state index is 0.00753. The number of benzene rings is 2. The van der Waals surface area contributed by atoms with Crippen molar-refractivity contribution in [3.63, 3.8) is 0 Å². The Balaban J connectivity index is 1.73. The molecule has 0 atom stereocenters. The highest BCUT2D eigenvalue weighted by molar-refractivity contribution is 5.95. The van der Waals surface area contributed by atoms with Crippen molar-refractivity contribution in [2.75, 3.05) is 26.2 Å². The number of nitrogens with one attached hydrogen (secondary N) is 1. The minimum atomic E-state index is -0.336. The van der Waals surface area contributed by atoms with Crippen molar-refractivity contribution in [3.8, 4) is 5.75 Å². The van der Waals surface area contributed by atoms with Crippen LogP contribution in [-0.4, -0.2) is 47.7 Å². The summed E-state index contributed by atoms with van der Waals surface area (Å²) in [5, 5.41) is 13.0. The van der Waals surface area contributed by atoms with Crippen molar-refractivity contribution >= 4 is 11.5 Å². The Morgan fingerprint density at radius 2 is 1.80 bits per heavy atom. The van der Waals surface area contributed by atoms with Gasteiger partial charge in [0.05, 0.1) is 6.61 Å². The number of amides is 1. The molecule has 30 heavy (non-hydrogen) atoms. The molecule has 4 rings (SSSR count). The molecule has 1 spiro atoms. The van der Waals surface area contributed by atoms with E-state index < -0.39 is 0 Å². The fourth-order valence-electron chi connectivity index (χ4n) is 4.38. The summed E-state index contributed by atoms with van der Waals surface area (Å²) >= 11 is 0. The molecular weight excluding hydrogens is 376 g/mol. The van der Waals surface area contributed by atoms with E-state index in [-0.39, 0.29) is 18.1 Å². The summed E-state index contributed by atoms with van der Waals surface area (Å²) in [6, 6.07) is 13.8. The number of fused-ring (bicyclic) bond motifs is 1. The second kappa shape index (κ2) is 8.62. The largest absolute Gasteiger partial charge is 0.482 e. The fourth-order valence-corrected chi connectivity index (χ4v) is 4.38. The maximum Gasteiger partial charge on any atom is 0.253 e. The predicted molar refractivity (Wildman–Crippen MR) is 119 cm³/mol. The number of aliphatic hydroxyl groups is 1. The number of aliphatic hydroxyl groups excluding tert-OH is 1. The summed E-state index contributed by atoms with van der Waals surface area (Å²) in [5.74, 6) is 0.888. The summed E-state index contributed by atoms with van der Waals surface area (Å²) in [6.07, 6.45) is 4.06. The van der Waals surface area contributed by atoms with Crippen LogP contribution in [0.2, 0.25) is 0 Å². The van der Waals surface area contributed by atoms with Gasteiger partial charge in [-0.2, -0.15) is 0 Å². The summed E-state index contributed by atoms with van der Waals surface area (Å²) < 4.78 is 6.49. The van der Waals surface area contributed by atoms with Crippen molar-refractivity contribution in [1.82, 2.24) is 10.2 Å². The minimum Gasteiger partial charge on any atom is -0.482 e. The third-order valence-corrected chi connectivity index (χ3v) is 6.18. The molecular formula is C25H30N2O3. The summed E-state index contributed by atoms with van der Waals surface area (Å²) in [5.41, 5.74) is 4.45. The van der Waals surface area contributed by atoms with Gasteiger partial charge in [0.15, 0.2) is 0 Å². The van der Waals surface area contributed by atoms with Gasteiger partial charge >= 0.3 is 0 Å². The lowest BCUT2D eigenvalue weighted by Crippen LogP contribution is -2.46. The van der Waals surface area contributed by atoms with Crippen LogP contribution in [-0.2, 0) is 6.61 Å². The first-order chi connectivity index (χ1) is 14.6. The van der Waals surface area contributed by atoms with Crippen molar-refractivity contribution < 1.29 is 14.6 Å².